The normalized spacial score (nSPS) is 18.1. The lowest BCUT2D eigenvalue weighted by Gasteiger charge is -2.32. The highest BCUT2D eigenvalue weighted by molar-refractivity contribution is 5.92. The number of rotatable bonds is 5. The van der Waals surface area contributed by atoms with Crippen LogP contribution < -0.4 is 14.8 Å². The van der Waals surface area contributed by atoms with E-state index in [0.29, 0.717) is 17.7 Å². The Morgan fingerprint density at radius 3 is 2.65 bits per heavy atom. The molecule has 6 nitrogen and oxygen atoms in total. The van der Waals surface area contributed by atoms with E-state index in [4.69, 9.17) is 19.4 Å². The van der Waals surface area contributed by atoms with Gasteiger partial charge in [0.25, 0.3) is 5.88 Å². The molecule has 0 aromatic carbocycles. The van der Waals surface area contributed by atoms with Crippen LogP contribution in [0, 0.1) is 0 Å². The molecular weight excluding hydrogens is 328 g/mol. The first-order chi connectivity index (χ1) is 12.7. The van der Waals surface area contributed by atoms with Gasteiger partial charge in [-0.05, 0) is 44.2 Å². The van der Waals surface area contributed by atoms with Gasteiger partial charge in [0.1, 0.15) is 5.52 Å². The predicted molar refractivity (Wildman–Crippen MR) is 103 cm³/mol. The molecule has 26 heavy (non-hydrogen) atoms. The summed E-state index contributed by atoms with van der Waals surface area (Å²) in [6.45, 7) is 5.69. The highest BCUT2D eigenvalue weighted by atomic mass is 16.5. The number of hydrogen-bond donors (Lipinski definition) is 1. The number of piperidine rings is 1. The van der Waals surface area contributed by atoms with Gasteiger partial charge >= 0.3 is 0 Å². The fraction of sp³-hybridized carbons (Fsp3) is 0.600. The zero-order chi connectivity index (χ0) is 18.1. The molecule has 0 atom stereocenters. The molecule has 2 aliphatic rings. The van der Waals surface area contributed by atoms with E-state index in [9.17, 15) is 0 Å². The highest BCUT2D eigenvalue weighted by Crippen LogP contribution is 2.38. The monoisotopic (exact) mass is 356 g/mol. The van der Waals surface area contributed by atoms with Crippen LogP contribution in [0.4, 0.5) is 5.69 Å². The Bertz CT molecular complexity index is 800. The minimum atomic E-state index is 0.489. The van der Waals surface area contributed by atoms with Crippen molar-refractivity contribution in [1.29, 1.82) is 0 Å². The van der Waals surface area contributed by atoms with E-state index >= 15 is 0 Å². The van der Waals surface area contributed by atoms with Gasteiger partial charge in [-0.2, -0.15) is 0 Å². The Morgan fingerprint density at radius 1 is 1.15 bits per heavy atom. The van der Waals surface area contributed by atoms with Crippen molar-refractivity contribution in [2.45, 2.75) is 45.1 Å². The summed E-state index contributed by atoms with van der Waals surface area (Å²) in [6, 6.07) is 2.44. The zero-order valence-electron chi connectivity index (χ0n) is 16.0. The molecule has 1 aliphatic carbocycles. The zero-order valence-corrected chi connectivity index (χ0v) is 16.0. The summed E-state index contributed by atoms with van der Waals surface area (Å²) < 4.78 is 10.9. The molecule has 140 valence electrons. The number of likely N-dealkylation sites (tertiary alicyclic amines) is 1. The Kier molecular flexibility index (Phi) is 4.85. The molecule has 0 radical (unpaired) electrons. The van der Waals surface area contributed by atoms with E-state index in [1.807, 2.05) is 6.07 Å². The van der Waals surface area contributed by atoms with Crippen molar-refractivity contribution in [3.8, 4) is 11.6 Å². The van der Waals surface area contributed by atoms with Crippen LogP contribution in [0.2, 0.25) is 0 Å². The van der Waals surface area contributed by atoms with Crippen LogP contribution in [0.25, 0.3) is 11.0 Å². The number of fused-ring (bicyclic) bond motifs is 2. The van der Waals surface area contributed by atoms with Gasteiger partial charge in [0.15, 0.2) is 5.75 Å². The average molecular weight is 356 g/mol. The first-order valence-electron chi connectivity index (χ1n) is 9.66. The molecular formula is C20H28N4O2. The maximum Gasteiger partial charge on any atom is 0.257 e. The van der Waals surface area contributed by atoms with Crippen LogP contribution in [0.3, 0.4) is 0 Å². The quantitative estimate of drug-likeness (QED) is 0.889. The first kappa shape index (κ1) is 17.3. The molecule has 0 saturated carbocycles. The summed E-state index contributed by atoms with van der Waals surface area (Å²) in [5.41, 5.74) is 5.51. The van der Waals surface area contributed by atoms with Gasteiger partial charge in [0, 0.05) is 30.9 Å². The fourth-order valence-electron chi connectivity index (χ4n) is 4.19. The molecule has 2 aromatic heterocycles. The lowest BCUT2D eigenvalue weighted by Crippen LogP contribution is -2.39. The number of aryl methyl sites for hydroxylation is 1. The van der Waals surface area contributed by atoms with E-state index in [-0.39, 0.29) is 0 Å². The molecule has 4 rings (SSSR count). The summed E-state index contributed by atoms with van der Waals surface area (Å²) >= 11 is 0. The van der Waals surface area contributed by atoms with Gasteiger partial charge in [0.2, 0.25) is 0 Å². The van der Waals surface area contributed by atoms with Crippen molar-refractivity contribution in [2.75, 3.05) is 39.2 Å². The van der Waals surface area contributed by atoms with Crippen molar-refractivity contribution >= 4 is 16.7 Å². The summed E-state index contributed by atoms with van der Waals surface area (Å²) in [6.07, 6.45) is 5.61. The molecule has 2 aromatic rings. The molecule has 0 unspecified atom stereocenters. The molecule has 0 amide bonds. The van der Waals surface area contributed by atoms with Crippen molar-refractivity contribution in [1.82, 2.24) is 14.9 Å². The molecule has 6 heteroatoms. The van der Waals surface area contributed by atoms with Crippen LogP contribution in [0.5, 0.6) is 11.6 Å². The fourth-order valence-corrected chi connectivity index (χ4v) is 4.19. The smallest absolute Gasteiger partial charge is 0.257 e. The SMILES string of the molecule is CCN1CCC(Nc2c3c(nc4cc(OC)c(OC)nc24)CCC3)CC1. The van der Waals surface area contributed by atoms with Crippen LogP contribution in [-0.2, 0) is 12.8 Å². The van der Waals surface area contributed by atoms with Crippen molar-refractivity contribution < 1.29 is 9.47 Å². The largest absolute Gasteiger partial charge is 0.491 e. The molecule has 1 aliphatic heterocycles. The number of nitrogens with one attached hydrogen (secondary N) is 1. The van der Waals surface area contributed by atoms with Crippen molar-refractivity contribution in [3.05, 3.63) is 17.3 Å². The standard InChI is InChI=1S/C20H28N4O2/c1-4-24-10-8-13(9-11-24)21-18-14-6-5-7-15(14)22-16-12-17(25-2)20(26-3)23-19(16)18/h12-13H,4-11H2,1-3H3,(H,21,22). The highest BCUT2D eigenvalue weighted by Gasteiger charge is 2.25. The third-order valence-corrected chi connectivity index (χ3v) is 5.71. The second-order valence-corrected chi connectivity index (χ2v) is 7.19. The number of ether oxygens (including phenoxy) is 2. The Labute approximate surface area is 154 Å². The maximum atomic E-state index is 5.44. The lowest BCUT2D eigenvalue weighted by molar-refractivity contribution is 0.229. The topological polar surface area (TPSA) is 59.5 Å². The summed E-state index contributed by atoms with van der Waals surface area (Å²) in [5.74, 6) is 1.15. The molecule has 0 bridgehead atoms. The van der Waals surface area contributed by atoms with E-state index < -0.39 is 0 Å². The Morgan fingerprint density at radius 2 is 1.96 bits per heavy atom. The molecule has 0 spiro atoms. The van der Waals surface area contributed by atoms with E-state index in [0.717, 1.165) is 49.9 Å². The van der Waals surface area contributed by atoms with Gasteiger partial charge in [-0.3, -0.25) is 4.98 Å². The van der Waals surface area contributed by atoms with Gasteiger partial charge in [-0.1, -0.05) is 6.92 Å². The first-order valence-corrected chi connectivity index (χ1v) is 9.66. The molecule has 1 saturated heterocycles. The Balaban J connectivity index is 1.74. The summed E-state index contributed by atoms with van der Waals surface area (Å²) in [4.78, 5) is 12.1. The molecule has 1 fully saturated rings. The van der Waals surface area contributed by atoms with Gasteiger partial charge in [-0.15, -0.1) is 0 Å². The summed E-state index contributed by atoms with van der Waals surface area (Å²) in [5, 5.41) is 3.83. The van der Waals surface area contributed by atoms with Gasteiger partial charge < -0.3 is 19.7 Å². The number of hydrogen-bond acceptors (Lipinski definition) is 6. The molecule has 1 N–H and O–H groups in total. The maximum absolute atomic E-state index is 5.44. The number of anilines is 1. The van der Waals surface area contributed by atoms with Crippen molar-refractivity contribution in [2.24, 2.45) is 0 Å². The predicted octanol–water partition coefficient (Wildman–Crippen LogP) is 3.03. The third-order valence-electron chi connectivity index (χ3n) is 5.71. The number of pyridine rings is 2. The van der Waals surface area contributed by atoms with E-state index in [1.54, 1.807) is 14.2 Å². The van der Waals surface area contributed by atoms with Crippen LogP contribution in [0.15, 0.2) is 6.07 Å². The third kappa shape index (κ3) is 3.07. The number of nitrogens with zero attached hydrogens (tertiary/aromatic N) is 3. The Hall–Kier alpha value is -2.08. The number of aromatic nitrogens is 2. The minimum Gasteiger partial charge on any atom is -0.491 e. The van der Waals surface area contributed by atoms with Crippen molar-refractivity contribution in [3.63, 3.8) is 0 Å². The van der Waals surface area contributed by atoms with Gasteiger partial charge in [-0.25, -0.2) is 4.98 Å². The van der Waals surface area contributed by atoms with E-state index in [2.05, 4.69) is 17.1 Å². The average Bonchev–Trinajstić information content (AvgIpc) is 3.15. The minimum absolute atomic E-state index is 0.489. The van der Waals surface area contributed by atoms with Crippen LogP contribution >= 0.6 is 0 Å². The lowest BCUT2D eigenvalue weighted by atomic mass is 10.0. The van der Waals surface area contributed by atoms with Crippen LogP contribution in [-0.4, -0.2) is 54.8 Å². The van der Waals surface area contributed by atoms with E-state index in [1.165, 1.54) is 29.8 Å². The van der Waals surface area contributed by atoms with Crippen LogP contribution in [0.1, 0.15) is 37.4 Å². The second kappa shape index (κ2) is 7.27. The summed E-state index contributed by atoms with van der Waals surface area (Å²) in [7, 11) is 3.27. The second-order valence-electron chi connectivity index (χ2n) is 7.19. The number of methoxy groups -OCH3 is 2. The van der Waals surface area contributed by atoms with Gasteiger partial charge in [0.05, 0.1) is 25.4 Å². The molecule has 3 heterocycles.